The molecular formula is C15H17N3. The van der Waals surface area contributed by atoms with Gasteiger partial charge in [-0.3, -0.25) is 0 Å². The molecule has 0 saturated heterocycles. The average molecular weight is 239 g/mol. The molecule has 0 spiro atoms. The Bertz CT molecular complexity index is 532. The van der Waals surface area contributed by atoms with Crippen LogP contribution in [0.15, 0.2) is 30.6 Å². The molecule has 1 aromatic carbocycles. The van der Waals surface area contributed by atoms with Crippen molar-refractivity contribution in [3.8, 4) is 0 Å². The Labute approximate surface area is 107 Å². The Kier molecular flexibility index (Phi) is 2.74. The molecule has 0 radical (unpaired) electrons. The van der Waals surface area contributed by atoms with Crippen molar-refractivity contribution >= 4 is 5.95 Å². The van der Waals surface area contributed by atoms with Gasteiger partial charge in [-0.25, -0.2) is 9.97 Å². The molecule has 1 N–H and O–H groups in total. The number of hydrogen-bond donors (Lipinski definition) is 1. The van der Waals surface area contributed by atoms with E-state index in [0.717, 1.165) is 18.8 Å². The summed E-state index contributed by atoms with van der Waals surface area (Å²) in [5.41, 5.74) is 5.69. The molecule has 92 valence electrons. The summed E-state index contributed by atoms with van der Waals surface area (Å²) in [6.07, 6.45) is 5.67. The molecule has 1 aliphatic carbocycles. The minimum atomic E-state index is 0.420. The van der Waals surface area contributed by atoms with E-state index in [0.29, 0.717) is 6.04 Å². The first-order valence-corrected chi connectivity index (χ1v) is 6.35. The number of aromatic nitrogens is 2. The highest BCUT2D eigenvalue weighted by molar-refractivity contribution is 5.43. The Morgan fingerprint density at radius 2 is 1.56 bits per heavy atom. The quantitative estimate of drug-likeness (QED) is 0.875. The number of rotatable bonds is 2. The first-order chi connectivity index (χ1) is 8.72. The van der Waals surface area contributed by atoms with Crippen molar-refractivity contribution in [1.82, 2.24) is 9.97 Å². The molecular weight excluding hydrogens is 222 g/mol. The zero-order chi connectivity index (χ0) is 12.5. The van der Waals surface area contributed by atoms with Crippen LogP contribution in [0.2, 0.25) is 0 Å². The molecule has 2 aromatic rings. The topological polar surface area (TPSA) is 37.8 Å². The van der Waals surface area contributed by atoms with Crippen LogP contribution >= 0.6 is 0 Å². The van der Waals surface area contributed by atoms with E-state index in [4.69, 9.17) is 0 Å². The van der Waals surface area contributed by atoms with Crippen molar-refractivity contribution in [2.75, 3.05) is 5.32 Å². The maximum absolute atomic E-state index is 4.22. The molecule has 0 atom stereocenters. The highest BCUT2D eigenvalue weighted by Gasteiger charge is 2.22. The first kappa shape index (κ1) is 11.2. The van der Waals surface area contributed by atoms with Crippen molar-refractivity contribution in [2.45, 2.75) is 32.7 Å². The van der Waals surface area contributed by atoms with E-state index in [1.54, 1.807) is 12.4 Å². The second-order valence-corrected chi connectivity index (χ2v) is 5.03. The van der Waals surface area contributed by atoms with E-state index in [2.05, 4.69) is 41.3 Å². The van der Waals surface area contributed by atoms with E-state index in [1.165, 1.54) is 22.3 Å². The number of hydrogen-bond acceptors (Lipinski definition) is 3. The predicted octanol–water partition coefficient (Wildman–Crippen LogP) is 2.67. The lowest BCUT2D eigenvalue weighted by Gasteiger charge is -2.10. The summed E-state index contributed by atoms with van der Waals surface area (Å²) in [6, 6.07) is 6.89. The fourth-order valence-electron chi connectivity index (χ4n) is 2.58. The minimum absolute atomic E-state index is 0.420. The van der Waals surface area contributed by atoms with E-state index in [-0.39, 0.29) is 0 Å². The maximum Gasteiger partial charge on any atom is 0.222 e. The van der Waals surface area contributed by atoms with E-state index < -0.39 is 0 Å². The summed E-state index contributed by atoms with van der Waals surface area (Å²) in [7, 11) is 0. The third-order valence-electron chi connectivity index (χ3n) is 3.65. The monoisotopic (exact) mass is 239 g/mol. The van der Waals surface area contributed by atoms with Crippen LogP contribution in [0.25, 0.3) is 0 Å². The van der Waals surface area contributed by atoms with Crippen LogP contribution in [-0.4, -0.2) is 16.0 Å². The standard InChI is InChI=1S/C15H17N3/c1-10-6-12-8-14(9-13(12)7-11(10)2)18-15-16-4-3-5-17-15/h3-7,14H,8-9H2,1-2H3,(H,16,17,18). The SMILES string of the molecule is Cc1cc2c(cc1C)CC(Nc1ncccn1)C2. The summed E-state index contributed by atoms with van der Waals surface area (Å²) < 4.78 is 0. The Hall–Kier alpha value is -1.90. The molecule has 1 heterocycles. The molecule has 1 aromatic heterocycles. The van der Waals surface area contributed by atoms with Crippen molar-refractivity contribution in [3.05, 3.63) is 52.8 Å². The van der Waals surface area contributed by atoms with Crippen LogP contribution < -0.4 is 5.32 Å². The number of nitrogens with one attached hydrogen (secondary N) is 1. The molecule has 0 fully saturated rings. The Balaban J connectivity index is 1.77. The molecule has 0 bridgehead atoms. The van der Waals surface area contributed by atoms with Gasteiger partial charge in [0.25, 0.3) is 0 Å². The van der Waals surface area contributed by atoms with Gasteiger partial charge in [0.15, 0.2) is 0 Å². The van der Waals surface area contributed by atoms with Crippen LogP contribution in [0, 0.1) is 13.8 Å². The van der Waals surface area contributed by atoms with E-state index >= 15 is 0 Å². The lowest BCUT2D eigenvalue weighted by Crippen LogP contribution is -2.20. The third kappa shape index (κ3) is 2.08. The fraction of sp³-hybridized carbons (Fsp3) is 0.333. The van der Waals surface area contributed by atoms with E-state index in [1.807, 2.05) is 6.07 Å². The van der Waals surface area contributed by atoms with Crippen LogP contribution in [0.5, 0.6) is 0 Å². The fourth-order valence-corrected chi connectivity index (χ4v) is 2.58. The molecule has 3 heteroatoms. The smallest absolute Gasteiger partial charge is 0.222 e. The van der Waals surface area contributed by atoms with Gasteiger partial charge in [-0.15, -0.1) is 0 Å². The summed E-state index contributed by atoms with van der Waals surface area (Å²) in [4.78, 5) is 8.44. The number of benzene rings is 1. The summed E-state index contributed by atoms with van der Waals surface area (Å²) in [5, 5.41) is 3.40. The molecule has 18 heavy (non-hydrogen) atoms. The Morgan fingerprint density at radius 1 is 1.00 bits per heavy atom. The van der Waals surface area contributed by atoms with Crippen LogP contribution in [0.4, 0.5) is 5.95 Å². The molecule has 1 aliphatic rings. The average Bonchev–Trinajstić information content (AvgIpc) is 2.72. The number of anilines is 1. The molecule has 0 aliphatic heterocycles. The predicted molar refractivity (Wildman–Crippen MR) is 72.8 cm³/mol. The van der Waals surface area contributed by atoms with Gasteiger partial charge in [0.05, 0.1) is 0 Å². The Morgan fingerprint density at radius 3 is 2.11 bits per heavy atom. The number of fused-ring (bicyclic) bond motifs is 1. The van der Waals surface area contributed by atoms with Crippen LogP contribution in [0.1, 0.15) is 22.3 Å². The lowest BCUT2D eigenvalue weighted by atomic mass is 10.0. The van der Waals surface area contributed by atoms with Gasteiger partial charge in [0.2, 0.25) is 5.95 Å². The van der Waals surface area contributed by atoms with Crippen LogP contribution in [0.3, 0.4) is 0 Å². The third-order valence-corrected chi connectivity index (χ3v) is 3.65. The summed E-state index contributed by atoms with van der Waals surface area (Å²) >= 11 is 0. The van der Waals surface area contributed by atoms with Crippen molar-refractivity contribution < 1.29 is 0 Å². The van der Waals surface area contributed by atoms with Crippen molar-refractivity contribution in [3.63, 3.8) is 0 Å². The largest absolute Gasteiger partial charge is 0.351 e. The molecule has 3 rings (SSSR count). The van der Waals surface area contributed by atoms with Gasteiger partial charge in [-0.2, -0.15) is 0 Å². The van der Waals surface area contributed by atoms with Gasteiger partial charge < -0.3 is 5.32 Å². The molecule has 0 unspecified atom stereocenters. The second-order valence-electron chi connectivity index (χ2n) is 5.03. The van der Waals surface area contributed by atoms with Gasteiger partial charge in [0, 0.05) is 18.4 Å². The zero-order valence-corrected chi connectivity index (χ0v) is 10.8. The normalized spacial score (nSPS) is 14.6. The van der Waals surface area contributed by atoms with E-state index in [9.17, 15) is 0 Å². The first-order valence-electron chi connectivity index (χ1n) is 6.35. The summed E-state index contributed by atoms with van der Waals surface area (Å²) in [5.74, 6) is 0.726. The maximum atomic E-state index is 4.22. The highest BCUT2D eigenvalue weighted by atomic mass is 15.1. The van der Waals surface area contributed by atoms with Crippen molar-refractivity contribution in [1.29, 1.82) is 0 Å². The second kappa shape index (κ2) is 4.41. The zero-order valence-electron chi connectivity index (χ0n) is 10.8. The summed E-state index contributed by atoms with van der Waals surface area (Å²) in [6.45, 7) is 4.35. The molecule has 3 nitrogen and oxygen atoms in total. The van der Waals surface area contributed by atoms with Gasteiger partial charge in [-0.1, -0.05) is 12.1 Å². The highest BCUT2D eigenvalue weighted by Crippen LogP contribution is 2.26. The van der Waals surface area contributed by atoms with Gasteiger partial charge >= 0.3 is 0 Å². The van der Waals surface area contributed by atoms with Gasteiger partial charge in [0.1, 0.15) is 0 Å². The minimum Gasteiger partial charge on any atom is -0.351 e. The van der Waals surface area contributed by atoms with Gasteiger partial charge in [-0.05, 0) is 55.0 Å². The number of aryl methyl sites for hydroxylation is 2. The van der Waals surface area contributed by atoms with Crippen LogP contribution in [-0.2, 0) is 12.8 Å². The lowest BCUT2D eigenvalue weighted by molar-refractivity contribution is 0.761. The molecule has 0 saturated carbocycles. The molecule has 0 amide bonds. The number of nitrogens with zero attached hydrogens (tertiary/aromatic N) is 2. The van der Waals surface area contributed by atoms with Crippen molar-refractivity contribution in [2.24, 2.45) is 0 Å².